The second-order valence-corrected chi connectivity index (χ2v) is 10.5. The van der Waals surface area contributed by atoms with Crippen LogP contribution in [0.2, 0.25) is 0 Å². The molecule has 5 rings (SSSR count). The lowest BCUT2D eigenvalue weighted by Crippen LogP contribution is -2.29. The van der Waals surface area contributed by atoms with Crippen LogP contribution < -0.4 is 14.8 Å². The van der Waals surface area contributed by atoms with Gasteiger partial charge in [-0.1, -0.05) is 73.3 Å². The number of hydrogen-bond acceptors (Lipinski definition) is 8. The summed E-state index contributed by atoms with van der Waals surface area (Å²) in [4.78, 5) is 18.2. The van der Waals surface area contributed by atoms with E-state index in [9.17, 15) is 9.18 Å². The van der Waals surface area contributed by atoms with Crippen LogP contribution in [0.4, 0.5) is 10.3 Å². The number of benzene rings is 3. The SMILES string of the molecule is CCCSc1nc2n(n1)C(c1ccc(OCc3ccccc3F)c(OC)c1)C(C(=O)OCc1ccccc1)=C(C)N2. The van der Waals surface area contributed by atoms with Crippen LogP contribution in [0, 0.1) is 5.82 Å². The molecule has 10 heteroatoms. The number of ether oxygens (including phenoxy) is 3. The average Bonchev–Trinajstić information content (AvgIpc) is 3.40. The molecule has 1 aliphatic rings. The number of esters is 1. The van der Waals surface area contributed by atoms with Gasteiger partial charge in [0.2, 0.25) is 11.1 Å². The highest BCUT2D eigenvalue weighted by Crippen LogP contribution is 2.40. The molecule has 2 heterocycles. The van der Waals surface area contributed by atoms with Crippen LogP contribution >= 0.6 is 11.8 Å². The number of carbonyl (C=O) groups excluding carboxylic acids is 1. The van der Waals surface area contributed by atoms with Crippen molar-refractivity contribution in [3.05, 3.63) is 107 Å². The fourth-order valence-electron chi connectivity index (χ4n) is 4.50. The van der Waals surface area contributed by atoms with Gasteiger partial charge in [-0.25, -0.2) is 13.9 Å². The van der Waals surface area contributed by atoms with E-state index in [4.69, 9.17) is 19.3 Å². The minimum Gasteiger partial charge on any atom is -0.493 e. The Bertz CT molecular complexity index is 1560. The van der Waals surface area contributed by atoms with Gasteiger partial charge in [0.1, 0.15) is 25.1 Å². The van der Waals surface area contributed by atoms with Crippen molar-refractivity contribution in [2.24, 2.45) is 0 Å². The first-order valence-corrected chi connectivity index (χ1v) is 14.3. The standard InChI is InChI=1S/C31H31FN4O4S/c1-4-16-41-31-34-30-33-20(2)27(29(37)40-18-21-10-6-5-7-11-21)28(36(30)35-31)22-14-15-25(26(17-22)38-3)39-19-23-12-8-9-13-24(23)32/h5-15,17,28H,4,16,18-19H2,1-3H3,(H,33,34,35). The summed E-state index contributed by atoms with van der Waals surface area (Å²) >= 11 is 1.55. The zero-order chi connectivity index (χ0) is 28.8. The first kappa shape index (κ1) is 28.2. The predicted octanol–water partition coefficient (Wildman–Crippen LogP) is 6.54. The fraction of sp³-hybridized carbons (Fsp3) is 0.258. The maximum absolute atomic E-state index is 14.1. The molecule has 212 valence electrons. The number of fused-ring (bicyclic) bond motifs is 1. The van der Waals surface area contributed by atoms with Crippen LogP contribution in [-0.4, -0.2) is 33.6 Å². The number of rotatable bonds is 11. The van der Waals surface area contributed by atoms with Gasteiger partial charge in [-0.05, 0) is 42.7 Å². The highest BCUT2D eigenvalue weighted by Gasteiger charge is 2.36. The van der Waals surface area contributed by atoms with Crippen molar-refractivity contribution in [1.82, 2.24) is 14.8 Å². The molecule has 1 aliphatic heterocycles. The zero-order valence-electron chi connectivity index (χ0n) is 23.1. The normalized spacial score (nSPS) is 14.3. The molecular formula is C31H31FN4O4S. The largest absolute Gasteiger partial charge is 0.493 e. The number of methoxy groups -OCH3 is 1. The number of thioether (sulfide) groups is 1. The molecule has 3 aromatic carbocycles. The van der Waals surface area contributed by atoms with Gasteiger partial charge in [-0.2, -0.15) is 4.98 Å². The van der Waals surface area contributed by atoms with Crippen LogP contribution in [0.3, 0.4) is 0 Å². The van der Waals surface area contributed by atoms with Gasteiger partial charge in [-0.3, -0.25) is 0 Å². The maximum Gasteiger partial charge on any atom is 0.338 e. The Hall–Kier alpha value is -4.31. The number of carbonyl (C=O) groups is 1. The Morgan fingerprint density at radius 1 is 1.05 bits per heavy atom. The molecule has 0 aliphatic carbocycles. The van der Waals surface area contributed by atoms with Crippen LogP contribution in [0.25, 0.3) is 0 Å². The number of allylic oxidation sites excluding steroid dienone is 1. The summed E-state index contributed by atoms with van der Waals surface area (Å²) in [7, 11) is 1.54. The van der Waals surface area contributed by atoms with Gasteiger partial charge in [0.25, 0.3) is 0 Å². The Labute approximate surface area is 242 Å². The van der Waals surface area contributed by atoms with Crippen molar-refractivity contribution in [2.75, 3.05) is 18.2 Å². The Balaban J connectivity index is 1.48. The molecule has 1 N–H and O–H groups in total. The summed E-state index contributed by atoms with van der Waals surface area (Å²) < 4.78 is 33.2. The van der Waals surface area contributed by atoms with E-state index in [0.29, 0.717) is 39.4 Å². The molecule has 41 heavy (non-hydrogen) atoms. The lowest BCUT2D eigenvalue weighted by Gasteiger charge is -2.28. The summed E-state index contributed by atoms with van der Waals surface area (Å²) in [5.74, 6) is 1.48. The van der Waals surface area contributed by atoms with Crippen molar-refractivity contribution >= 4 is 23.7 Å². The van der Waals surface area contributed by atoms with Gasteiger partial charge in [-0.15, -0.1) is 5.10 Å². The summed E-state index contributed by atoms with van der Waals surface area (Å²) in [6.07, 6.45) is 0.977. The molecule has 0 saturated heterocycles. The molecule has 0 radical (unpaired) electrons. The molecule has 1 aromatic heterocycles. The third-order valence-electron chi connectivity index (χ3n) is 6.55. The molecule has 8 nitrogen and oxygen atoms in total. The monoisotopic (exact) mass is 574 g/mol. The van der Waals surface area contributed by atoms with Crippen molar-refractivity contribution < 1.29 is 23.4 Å². The number of nitrogens with one attached hydrogen (secondary N) is 1. The van der Waals surface area contributed by atoms with E-state index in [1.807, 2.05) is 43.3 Å². The zero-order valence-corrected chi connectivity index (χ0v) is 23.9. The van der Waals surface area contributed by atoms with E-state index < -0.39 is 12.0 Å². The fourth-order valence-corrected chi connectivity index (χ4v) is 5.19. The van der Waals surface area contributed by atoms with Crippen LogP contribution in [0.5, 0.6) is 11.5 Å². The Morgan fingerprint density at radius 3 is 2.59 bits per heavy atom. The molecule has 0 spiro atoms. The topological polar surface area (TPSA) is 87.5 Å². The van der Waals surface area contributed by atoms with Gasteiger partial charge in [0.15, 0.2) is 11.5 Å². The van der Waals surface area contributed by atoms with Gasteiger partial charge >= 0.3 is 5.97 Å². The highest BCUT2D eigenvalue weighted by atomic mass is 32.2. The minimum atomic E-state index is -0.632. The van der Waals surface area contributed by atoms with Crippen LogP contribution in [0.1, 0.15) is 43.0 Å². The van der Waals surface area contributed by atoms with Gasteiger partial charge < -0.3 is 19.5 Å². The maximum atomic E-state index is 14.1. The van der Waals surface area contributed by atoms with E-state index in [0.717, 1.165) is 23.3 Å². The molecule has 1 atom stereocenters. The summed E-state index contributed by atoms with van der Waals surface area (Å²) in [6, 6.07) is 20.8. The predicted molar refractivity (Wildman–Crippen MR) is 155 cm³/mol. The second kappa shape index (κ2) is 12.9. The minimum absolute atomic E-state index is 0.0387. The third-order valence-corrected chi connectivity index (χ3v) is 7.59. The van der Waals surface area contributed by atoms with Gasteiger partial charge in [0, 0.05) is 17.0 Å². The number of hydrogen-bond donors (Lipinski definition) is 1. The number of halogens is 1. The summed E-state index contributed by atoms with van der Waals surface area (Å²) in [6.45, 7) is 4.10. The van der Waals surface area contributed by atoms with Crippen LogP contribution in [-0.2, 0) is 22.7 Å². The van der Waals surface area contributed by atoms with Crippen LogP contribution in [0.15, 0.2) is 89.2 Å². The molecule has 4 aromatic rings. The summed E-state index contributed by atoms with van der Waals surface area (Å²) in [5, 5.41) is 8.59. The Kier molecular flexibility index (Phi) is 8.88. The summed E-state index contributed by atoms with van der Waals surface area (Å²) in [5.41, 5.74) is 3.08. The van der Waals surface area contributed by atoms with Crippen molar-refractivity contribution in [2.45, 2.75) is 44.7 Å². The smallest absolute Gasteiger partial charge is 0.338 e. The van der Waals surface area contributed by atoms with E-state index >= 15 is 0 Å². The lowest BCUT2D eigenvalue weighted by molar-refractivity contribution is -0.140. The third kappa shape index (κ3) is 6.38. The van der Waals surface area contributed by atoms with E-state index in [2.05, 4.69) is 17.2 Å². The molecular weight excluding hydrogens is 543 g/mol. The molecule has 0 amide bonds. The van der Waals surface area contributed by atoms with E-state index in [-0.39, 0.29) is 19.0 Å². The van der Waals surface area contributed by atoms with E-state index in [1.165, 1.54) is 13.2 Å². The van der Waals surface area contributed by atoms with E-state index in [1.54, 1.807) is 46.8 Å². The first-order chi connectivity index (χ1) is 20.0. The average molecular weight is 575 g/mol. The molecule has 1 unspecified atom stereocenters. The van der Waals surface area contributed by atoms with Crippen molar-refractivity contribution in [3.8, 4) is 11.5 Å². The van der Waals surface area contributed by atoms with Crippen molar-refractivity contribution in [3.63, 3.8) is 0 Å². The number of aromatic nitrogens is 3. The molecule has 0 bridgehead atoms. The molecule has 0 saturated carbocycles. The van der Waals surface area contributed by atoms with Crippen molar-refractivity contribution in [1.29, 1.82) is 0 Å². The highest BCUT2D eigenvalue weighted by molar-refractivity contribution is 7.99. The number of nitrogens with zero attached hydrogens (tertiary/aromatic N) is 3. The lowest BCUT2D eigenvalue weighted by atomic mass is 9.95. The van der Waals surface area contributed by atoms with Gasteiger partial charge in [0.05, 0.1) is 12.7 Å². The number of anilines is 1. The second-order valence-electron chi connectivity index (χ2n) is 9.43. The quantitative estimate of drug-likeness (QED) is 0.160. The molecule has 0 fully saturated rings. The first-order valence-electron chi connectivity index (χ1n) is 13.3. The Morgan fingerprint density at radius 2 is 1.83 bits per heavy atom.